The summed E-state index contributed by atoms with van der Waals surface area (Å²) in [5.74, 6) is -0.526. The van der Waals surface area contributed by atoms with Crippen LogP contribution in [-0.2, 0) is 11.3 Å². The monoisotopic (exact) mass is 283 g/mol. The molecule has 19 heavy (non-hydrogen) atoms. The minimum absolute atomic E-state index is 0.00937. The summed E-state index contributed by atoms with van der Waals surface area (Å²) in [6.45, 7) is 2.23. The summed E-state index contributed by atoms with van der Waals surface area (Å²) < 4.78 is 0. The first-order valence-electron chi connectivity index (χ1n) is 5.85. The van der Waals surface area contributed by atoms with Crippen molar-refractivity contribution in [2.45, 2.75) is 19.5 Å². The predicted octanol–water partition coefficient (Wildman–Crippen LogP) is 1.01. The predicted molar refractivity (Wildman–Crippen MR) is 75.0 cm³/mol. The van der Waals surface area contributed by atoms with Crippen molar-refractivity contribution in [1.82, 2.24) is 10.2 Å². The van der Waals surface area contributed by atoms with Crippen LogP contribution < -0.4 is 11.1 Å². The number of likely N-dealkylation sites (N-methyl/N-ethyl adjacent to an activating group) is 1. The van der Waals surface area contributed by atoms with Crippen LogP contribution in [0.3, 0.4) is 0 Å². The molecule has 0 aliphatic carbocycles. The van der Waals surface area contributed by atoms with Crippen LogP contribution in [-0.4, -0.2) is 36.9 Å². The summed E-state index contributed by atoms with van der Waals surface area (Å²) in [5, 5.41) is 3.53. The van der Waals surface area contributed by atoms with Crippen LogP contribution in [0.2, 0.25) is 5.02 Å². The second-order valence-corrected chi connectivity index (χ2v) is 4.91. The van der Waals surface area contributed by atoms with Crippen molar-refractivity contribution >= 4 is 23.4 Å². The number of carbonyl (C=O) groups excluding carboxylic acids is 2. The molecule has 104 valence electrons. The quantitative estimate of drug-likeness (QED) is 0.847. The Kier molecular flexibility index (Phi) is 5.32. The number of hydrogen-bond acceptors (Lipinski definition) is 3. The van der Waals surface area contributed by atoms with Gasteiger partial charge in [-0.1, -0.05) is 17.7 Å². The van der Waals surface area contributed by atoms with Gasteiger partial charge in [0.15, 0.2) is 0 Å². The van der Waals surface area contributed by atoms with E-state index >= 15 is 0 Å². The molecule has 0 aromatic heterocycles. The summed E-state index contributed by atoms with van der Waals surface area (Å²) in [4.78, 5) is 24.2. The lowest BCUT2D eigenvalue weighted by Crippen LogP contribution is -2.41. The molecule has 6 heteroatoms. The summed E-state index contributed by atoms with van der Waals surface area (Å²) in [7, 11) is 3.41. The molecule has 1 aromatic carbocycles. The van der Waals surface area contributed by atoms with E-state index in [1.54, 1.807) is 33.2 Å². The van der Waals surface area contributed by atoms with Crippen molar-refractivity contribution in [1.29, 1.82) is 0 Å². The van der Waals surface area contributed by atoms with Crippen LogP contribution in [0.1, 0.15) is 22.8 Å². The Labute approximate surface area is 117 Å². The number of amides is 2. The fraction of sp³-hybridized carbons (Fsp3) is 0.385. The lowest BCUT2D eigenvalue weighted by atomic mass is 10.1. The highest BCUT2D eigenvalue weighted by atomic mass is 35.5. The third kappa shape index (κ3) is 4.22. The van der Waals surface area contributed by atoms with Gasteiger partial charge in [-0.2, -0.15) is 0 Å². The number of halogens is 1. The van der Waals surface area contributed by atoms with Gasteiger partial charge in [0.2, 0.25) is 11.8 Å². The van der Waals surface area contributed by atoms with Gasteiger partial charge in [-0.15, -0.1) is 0 Å². The molecule has 0 aliphatic heterocycles. The second-order valence-electron chi connectivity index (χ2n) is 4.51. The summed E-state index contributed by atoms with van der Waals surface area (Å²) in [6.07, 6.45) is 0. The van der Waals surface area contributed by atoms with Crippen LogP contribution in [0.15, 0.2) is 18.2 Å². The third-order valence-electron chi connectivity index (χ3n) is 2.75. The van der Waals surface area contributed by atoms with E-state index in [9.17, 15) is 9.59 Å². The normalized spacial score (nSPS) is 12.0. The van der Waals surface area contributed by atoms with E-state index in [1.165, 1.54) is 11.0 Å². The van der Waals surface area contributed by atoms with Crippen LogP contribution in [0, 0.1) is 0 Å². The standard InChI is InChI=1S/C13H18ClN3O2/c1-8(13(19)17(2)3)16-7-10-5-4-9(12(15)18)6-11(10)14/h4-6,8,16H,7H2,1-3H3,(H2,15,18). The molecule has 0 spiro atoms. The molecular formula is C13H18ClN3O2. The van der Waals surface area contributed by atoms with E-state index in [0.717, 1.165) is 5.56 Å². The van der Waals surface area contributed by atoms with E-state index in [4.69, 9.17) is 17.3 Å². The molecular weight excluding hydrogens is 266 g/mol. The molecule has 0 bridgehead atoms. The Bertz CT molecular complexity index is 489. The number of nitrogens with two attached hydrogens (primary N) is 1. The van der Waals surface area contributed by atoms with E-state index < -0.39 is 5.91 Å². The van der Waals surface area contributed by atoms with Crippen molar-refractivity contribution in [3.8, 4) is 0 Å². The van der Waals surface area contributed by atoms with E-state index in [0.29, 0.717) is 17.1 Å². The van der Waals surface area contributed by atoms with Gasteiger partial charge in [-0.05, 0) is 24.6 Å². The van der Waals surface area contributed by atoms with Gasteiger partial charge in [0.05, 0.1) is 6.04 Å². The SMILES string of the molecule is CC(NCc1ccc(C(N)=O)cc1Cl)C(=O)N(C)C. The number of carbonyl (C=O) groups is 2. The first-order valence-corrected chi connectivity index (χ1v) is 6.23. The zero-order chi connectivity index (χ0) is 14.6. The smallest absolute Gasteiger partial charge is 0.248 e. The molecule has 0 saturated heterocycles. The Hall–Kier alpha value is -1.59. The maximum Gasteiger partial charge on any atom is 0.248 e. The Balaban J connectivity index is 2.68. The van der Waals surface area contributed by atoms with Crippen molar-refractivity contribution in [2.75, 3.05) is 14.1 Å². The van der Waals surface area contributed by atoms with E-state index in [2.05, 4.69) is 5.32 Å². The molecule has 2 amide bonds. The molecule has 0 fully saturated rings. The molecule has 0 heterocycles. The van der Waals surface area contributed by atoms with Gasteiger partial charge >= 0.3 is 0 Å². The van der Waals surface area contributed by atoms with Gasteiger partial charge in [0.1, 0.15) is 0 Å². The zero-order valence-electron chi connectivity index (χ0n) is 11.2. The van der Waals surface area contributed by atoms with E-state index in [1.807, 2.05) is 0 Å². The molecule has 3 N–H and O–H groups in total. The van der Waals surface area contributed by atoms with Crippen LogP contribution in [0.25, 0.3) is 0 Å². The minimum Gasteiger partial charge on any atom is -0.366 e. The summed E-state index contributed by atoms with van der Waals surface area (Å²) >= 11 is 6.06. The number of hydrogen-bond donors (Lipinski definition) is 2. The number of rotatable bonds is 5. The molecule has 1 rings (SSSR count). The lowest BCUT2D eigenvalue weighted by Gasteiger charge is -2.18. The number of primary amides is 1. The fourth-order valence-electron chi connectivity index (χ4n) is 1.58. The van der Waals surface area contributed by atoms with Gasteiger partial charge in [-0.25, -0.2) is 0 Å². The van der Waals surface area contributed by atoms with Crippen LogP contribution in [0.5, 0.6) is 0 Å². The average molecular weight is 284 g/mol. The van der Waals surface area contributed by atoms with Crippen molar-refractivity contribution < 1.29 is 9.59 Å². The van der Waals surface area contributed by atoms with Crippen molar-refractivity contribution in [3.63, 3.8) is 0 Å². The maximum absolute atomic E-state index is 11.7. The van der Waals surface area contributed by atoms with Gasteiger partial charge in [-0.3, -0.25) is 9.59 Å². The molecule has 0 aliphatic rings. The summed E-state index contributed by atoms with van der Waals surface area (Å²) in [5.41, 5.74) is 6.34. The Morgan fingerprint density at radius 2 is 2.05 bits per heavy atom. The molecule has 0 radical (unpaired) electrons. The first-order chi connectivity index (χ1) is 8.82. The number of nitrogens with one attached hydrogen (secondary N) is 1. The highest BCUT2D eigenvalue weighted by Gasteiger charge is 2.14. The fourth-order valence-corrected chi connectivity index (χ4v) is 1.83. The van der Waals surface area contributed by atoms with E-state index in [-0.39, 0.29) is 11.9 Å². The first kappa shape index (κ1) is 15.5. The highest BCUT2D eigenvalue weighted by molar-refractivity contribution is 6.31. The maximum atomic E-state index is 11.7. The minimum atomic E-state index is -0.516. The van der Waals surface area contributed by atoms with Crippen molar-refractivity contribution in [3.05, 3.63) is 34.3 Å². The Morgan fingerprint density at radius 1 is 1.42 bits per heavy atom. The van der Waals surface area contributed by atoms with Crippen LogP contribution in [0.4, 0.5) is 0 Å². The molecule has 1 unspecified atom stereocenters. The highest BCUT2D eigenvalue weighted by Crippen LogP contribution is 2.17. The average Bonchev–Trinajstić information content (AvgIpc) is 2.35. The van der Waals surface area contributed by atoms with Crippen LogP contribution >= 0.6 is 11.6 Å². The second kappa shape index (κ2) is 6.54. The molecule has 1 atom stereocenters. The Morgan fingerprint density at radius 3 is 2.53 bits per heavy atom. The zero-order valence-corrected chi connectivity index (χ0v) is 12.0. The van der Waals surface area contributed by atoms with Gasteiger partial charge < -0.3 is 16.0 Å². The summed E-state index contributed by atoms with van der Waals surface area (Å²) in [6, 6.07) is 4.56. The van der Waals surface area contributed by atoms with Gasteiger partial charge in [0, 0.05) is 31.2 Å². The lowest BCUT2D eigenvalue weighted by molar-refractivity contribution is -0.130. The topological polar surface area (TPSA) is 75.4 Å². The molecule has 5 nitrogen and oxygen atoms in total. The van der Waals surface area contributed by atoms with Gasteiger partial charge in [0.25, 0.3) is 0 Å². The molecule has 1 aromatic rings. The third-order valence-corrected chi connectivity index (χ3v) is 3.10. The number of benzene rings is 1. The largest absolute Gasteiger partial charge is 0.366 e. The van der Waals surface area contributed by atoms with Crippen molar-refractivity contribution in [2.24, 2.45) is 5.73 Å². The molecule has 0 saturated carbocycles. The number of nitrogens with zero attached hydrogens (tertiary/aromatic N) is 1.